The first-order valence-corrected chi connectivity index (χ1v) is 8.92. The van der Waals surface area contributed by atoms with Crippen molar-refractivity contribution < 1.29 is 13.9 Å². The minimum absolute atomic E-state index is 0.415. The summed E-state index contributed by atoms with van der Waals surface area (Å²) in [6.07, 6.45) is 6.74. The minimum Gasteiger partial charge on any atom is -0.389 e. The molecule has 5 nitrogen and oxygen atoms in total. The highest BCUT2D eigenvalue weighted by Crippen LogP contribution is 2.32. The average molecular weight is 342 g/mol. The van der Waals surface area contributed by atoms with Crippen molar-refractivity contribution in [2.24, 2.45) is 5.92 Å². The van der Waals surface area contributed by atoms with E-state index in [-0.39, 0.29) is 0 Å². The van der Waals surface area contributed by atoms with Crippen molar-refractivity contribution in [3.05, 3.63) is 18.2 Å². The Balaban J connectivity index is 1.46. The van der Waals surface area contributed by atoms with Gasteiger partial charge in [-0.25, -0.2) is 4.98 Å². The molecule has 7 heteroatoms. The van der Waals surface area contributed by atoms with Crippen molar-refractivity contribution in [1.82, 2.24) is 19.4 Å². The molecular formula is C17H28F2N4O. The quantitative estimate of drug-likeness (QED) is 0.892. The van der Waals surface area contributed by atoms with Crippen LogP contribution in [0.5, 0.6) is 0 Å². The molecule has 0 radical (unpaired) electrons. The molecule has 2 heterocycles. The molecule has 0 spiro atoms. The van der Waals surface area contributed by atoms with E-state index in [1.165, 1.54) is 12.4 Å². The van der Waals surface area contributed by atoms with E-state index in [1.807, 2.05) is 0 Å². The van der Waals surface area contributed by atoms with E-state index >= 15 is 0 Å². The van der Waals surface area contributed by atoms with E-state index in [4.69, 9.17) is 0 Å². The number of rotatable bonds is 5. The third-order valence-electron chi connectivity index (χ3n) is 5.51. The summed E-state index contributed by atoms with van der Waals surface area (Å²) in [5.74, 6) is 1.14. The molecule has 0 unspecified atom stereocenters. The number of hydrogen-bond donors (Lipinski definition) is 1. The lowest BCUT2D eigenvalue weighted by Gasteiger charge is -2.42. The Morgan fingerprint density at radius 3 is 2.46 bits per heavy atom. The summed E-state index contributed by atoms with van der Waals surface area (Å²) in [4.78, 5) is 8.52. The Hall–Kier alpha value is -1.05. The fraction of sp³-hybridized carbons (Fsp3) is 0.824. The van der Waals surface area contributed by atoms with Gasteiger partial charge in [-0.05, 0) is 31.6 Å². The third-order valence-corrected chi connectivity index (χ3v) is 5.51. The SMILES string of the molecule is CC1CCC(O)(CN2CCN(Cc3nccn3C(F)F)CC2)CC1. The van der Waals surface area contributed by atoms with Gasteiger partial charge in [0.05, 0.1) is 12.1 Å². The van der Waals surface area contributed by atoms with Crippen LogP contribution in [0, 0.1) is 5.92 Å². The lowest BCUT2D eigenvalue weighted by Crippen LogP contribution is -2.52. The number of aliphatic hydroxyl groups is 1. The van der Waals surface area contributed by atoms with Crippen LogP contribution in [0.2, 0.25) is 0 Å². The zero-order chi connectivity index (χ0) is 17.2. The number of hydrogen-bond acceptors (Lipinski definition) is 4. The standard InChI is InChI=1S/C17H28F2N4O/c1-14-2-4-17(24,5-3-14)13-22-10-8-21(9-11-22)12-15-20-6-7-23(15)16(18)19/h6-7,14,16,24H,2-5,8-13H2,1H3. The topological polar surface area (TPSA) is 44.5 Å². The Morgan fingerprint density at radius 1 is 1.21 bits per heavy atom. The van der Waals surface area contributed by atoms with Gasteiger partial charge in [-0.3, -0.25) is 14.4 Å². The smallest absolute Gasteiger partial charge is 0.319 e. The Labute approximate surface area is 142 Å². The van der Waals surface area contributed by atoms with Gasteiger partial charge in [0.1, 0.15) is 5.82 Å². The maximum absolute atomic E-state index is 12.9. The largest absolute Gasteiger partial charge is 0.389 e. The van der Waals surface area contributed by atoms with Gasteiger partial charge in [0, 0.05) is 45.1 Å². The first-order chi connectivity index (χ1) is 11.5. The number of piperazine rings is 1. The van der Waals surface area contributed by atoms with Gasteiger partial charge in [-0.1, -0.05) is 6.92 Å². The first kappa shape index (κ1) is 17.8. The van der Waals surface area contributed by atoms with Crippen LogP contribution < -0.4 is 0 Å². The summed E-state index contributed by atoms with van der Waals surface area (Å²) in [6.45, 7) is 4.28. The van der Waals surface area contributed by atoms with Crippen LogP contribution in [-0.2, 0) is 6.54 Å². The summed E-state index contributed by atoms with van der Waals surface area (Å²) in [5.41, 5.74) is -0.541. The van der Waals surface area contributed by atoms with Crippen LogP contribution in [0.15, 0.2) is 12.4 Å². The molecule has 0 bridgehead atoms. The number of imidazole rings is 1. The molecule has 1 aliphatic heterocycles. The van der Waals surface area contributed by atoms with Gasteiger partial charge in [0.15, 0.2) is 0 Å². The van der Waals surface area contributed by atoms with Crippen molar-refractivity contribution >= 4 is 0 Å². The van der Waals surface area contributed by atoms with E-state index in [0.717, 1.165) is 68.9 Å². The van der Waals surface area contributed by atoms with Gasteiger partial charge in [0.2, 0.25) is 0 Å². The van der Waals surface area contributed by atoms with E-state index in [1.54, 1.807) is 0 Å². The zero-order valence-corrected chi connectivity index (χ0v) is 14.4. The van der Waals surface area contributed by atoms with Crippen LogP contribution in [0.4, 0.5) is 8.78 Å². The second-order valence-electron chi connectivity index (χ2n) is 7.49. The molecule has 2 fully saturated rings. The number of nitrogens with zero attached hydrogens (tertiary/aromatic N) is 4. The summed E-state index contributed by atoms with van der Waals surface area (Å²) >= 11 is 0. The van der Waals surface area contributed by atoms with Crippen molar-refractivity contribution in [3.8, 4) is 0 Å². The molecule has 136 valence electrons. The molecule has 1 saturated heterocycles. The minimum atomic E-state index is -2.54. The monoisotopic (exact) mass is 342 g/mol. The lowest BCUT2D eigenvalue weighted by atomic mass is 9.79. The van der Waals surface area contributed by atoms with Gasteiger partial charge in [-0.2, -0.15) is 8.78 Å². The molecule has 3 rings (SSSR count). The number of halogens is 2. The van der Waals surface area contributed by atoms with Crippen molar-refractivity contribution in [1.29, 1.82) is 0 Å². The van der Waals surface area contributed by atoms with Crippen molar-refractivity contribution in [3.63, 3.8) is 0 Å². The summed E-state index contributed by atoms with van der Waals surface area (Å²) in [5, 5.41) is 10.8. The molecule has 1 aromatic rings. The second-order valence-corrected chi connectivity index (χ2v) is 7.49. The van der Waals surface area contributed by atoms with Crippen LogP contribution >= 0.6 is 0 Å². The maximum atomic E-state index is 12.9. The van der Waals surface area contributed by atoms with Gasteiger partial charge in [0.25, 0.3) is 0 Å². The normalized spacial score (nSPS) is 30.1. The van der Waals surface area contributed by atoms with E-state index < -0.39 is 12.2 Å². The molecular weight excluding hydrogens is 314 g/mol. The van der Waals surface area contributed by atoms with Crippen LogP contribution in [0.3, 0.4) is 0 Å². The Bertz CT molecular complexity index is 520. The first-order valence-electron chi connectivity index (χ1n) is 8.92. The fourth-order valence-electron chi connectivity index (χ4n) is 3.82. The zero-order valence-electron chi connectivity index (χ0n) is 14.4. The average Bonchev–Trinajstić information content (AvgIpc) is 3.01. The Morgan fingerprint density at radius 2 is 1.83 bits per heavy atom. The van der Waals surface area contributed by atoms with E-state index in [0.29, 0.717) is 12.4 Å². The maximum Gasteiger partial charge on any atom is 0.319 e. The lowest BCUT2D eigenvalue weighted by molar-refractivity contribution is -0.0441. The summed E-state index contributed by atoms with van der Waals surface area (Å²) < 4.78 is 26.7. The number of β-amino-alcohol motifs (C(OH)–C–C–N with tert-alkyl or cyclic N) is 1. The molecule has 1 aromatic heterocycles. The summed E-state index contributed by atoms with van der Waals surface area (Å²) in [6, 6.07) is 0. The molecule has 1 saturated carbocycles. The van der Waals surface area contributed by atoms with Gasteiger partial charge >= 0.3 is 6.55 Å². The molecule has 2 aliphatic rings. The number of alkyl halides is 2. The fourth-order valence-corrected chi connectivity index (χ4v) is 3.82. The molecule has 24 heavy (non-hydrogen) atoms. The van der Waals surface area contributed by atoms with Crippen molar-refractivity contribution in [2.45, 2.75) is 51.3 Å². The Kier molecular flexibility index (Phi) is 5.52. The van der Waals surface area contributed by atoms with Crippen LogP contribution in [0.25, 0.3) is 0 Å². The second kappa shape index (κ2) is 7.45. The molecule has 0 aromatic carbocycles. The van der Waals surface area contributed by atoms with E-state index in [9.17, 15) is 13.9 Å². The van der Waals surface area contributed by atoms with Crippen LogP contribution in [-0.4, -0.2) is 62.8 Å². The third kappa shape index (κ3) is 4.32. The number of aromatic nitrogens is 2. The molecule has 0 amide bonds. The van der Waals surface area contributed by atoms with E-state index in [2.05, 4.69) is 21.7 Å². The van der Waals surface area contributed by atoms with Gasteiger partial charge < -0.3 is 5.11 Å². The highest BCUT2D eigenvalue weighted by atomic mass is 19.3. The predicted molar refractivity (Wildman–Crippen MR) is 87.8 cm³/mol. The van der Waals surface area contributed by atoms with Crippen LogP contribution in [0.1, 0.15) is 45.0 Å². The molecule has 0 atom stereocenters. The predicted octanol–water partition coefficient (Wildman–Crippen LogP) is 2.34. The summed E-state index contributed by atoms with van der Waals surface area (Å²) in [7, 11) is 0. The molecule has 1 aliphatic carbocycles. The molecule has 1 N–H and O–H groups in total. The highest BCUT2D eigenvalue weighted by Gasteiger charge is 2.34. The highest BCUT2D eigenvalue weighted by molar-refractivity contribution is 4.94. The van der Waals surface area contributed by atoms with Crippen molar-refractivity contribution in [2.75, 3.05) is 32.7 Å². The van der Waals surface area contributed by atoms with Gasteiger partial charge in [-0.15, -0.1) is 0 Å².